The molecule has 7 heteroatoms. The highest BCUT2D eigenvalue weighted by Gasteiger charge is 2.19. The predicted molar refractivity (Wildman–Crippen MR) is 92.3 cm³/mol. The molecule has 1 atom stereocenters. The summed E-state index contributed by atoms with van der Waals surface area (Å²) in [7, 11) is 1.66. The molecule has 1 aliphatic rings. The zero-order valence-corrected chi connectivity index (χ0v) is 14.3. The Balaban J connectivity index is 1.48. The smallest absolute Gasteiger partial charge is 0.217 e. The number of aryl methyl sites for hydroxylation is 1. The first kappa shape index (κ1) is 16.7. The van der Waals surface area contributed by atoms with Crippen molar-refractivity contribution in [3.8, 4) is 5.88 Å². The van der Waals surface area contributed by atoms with Gasteiger partial charge in [0.2, 0.25) is 5.88 Å². The largest absolute Gasteiger partial charge is 0.475 e. The minimum Gasteiger partial charge on any atom is -0.475 e. The Morgan fingerprint density at radius 1 is 1.42 bits per heavy atom. The molecule has 0 radical (unpaired) electrons. The molecule has 2 aromatic rings. The highest BCUT2D eigenvalue weighted by Crippen LogP contribution is 2.18. The fourth-order valence-electron chi connectivity index (χ4n) is 2.84. The lowest BCUT2D eigenvalue weighted by molar-refractivity contribution is 0.143. The Bertz CT molecular complexity index is 658. The number of aromatic nitrogens is 3. The summed E-state index contributed by atoms with van der Waals surface area (Å²) in [5.74, 6) is 2.30. The van der Waals surface area contributed by atoms with Crippen LogP contribution in [-0.4, -0.2) is 48.2 Å². The zero-order valence-electron chi connectivity index (χ0n) is 14.3. The summed E-state index contributed by atoms with van der Waals surface area (Å²) in [5, 5.41) is 11.5. The monoisotopic (exact) mass is 331 g/mol. The van der Waals surface area contributed by atoms with Crippen LogP contribution < -0.4 is 15.4 Å². The van der Waals surface area contributed by atoms with Crippen LogP contribution in [0.15, 0.2) is 24.4 Å². The number of nitrogens with one attached hydrogen (secondary N) is 2. The first-order valence-electron chi connectivity index (χ1n) is 8.31. The Kier molecular flexibility index (Phi) is 5.66. The number of methoxy groups -OCH3 is 1. The Morgan fingerprint density at radius 3 is 3.21 bits per heavy atom. The molecule has 0 aromatic carbocycles. The fourth-order valence-corrected chi connectivity index (χ4v) is 2.84. The number of ether oxygens (including phenoxy) is 2. The molecule has 1 aliphatic heterocycles. The molecule has 0 aliphatic carbocycles. The number of nitrogens with zero attached hydrogens (tertiary/aromatic N) is 3. The molecule has 2 N–H and O–H groups in total. The topological polar surface area (TPSA) is 73.2 Å². The Morgan fingerprint density at radius 2 is 2.33 bits per heavy atom. The first-order chi connectivity index (χ1) is 11.8. The third kappa shape index (κ3) is 4.24. The number of hydrogen-bond acceptors (Lipinski definition) is 6. The average molecular weight is 331 g/mol. The number of hydrogen-bond donors (Lipinski definition) is 2. The van der Waals surface area contributed by atoms with Gasteiger partial charge >= 0.3 is 0 Å². The molecule has 0 saturated carbocycles. The highest BCUT2D eigenvalue weighted by molar-refractivity contribution is 5.38. The summed E-state index contributed by atoms with van der Waals surface area (Å²) in [5.41, 5.74) is 2.12. The van der Waals surface area contributed by atoms with Gasteiger partial charge in [-0.3, -0.25) is 0 Å². The Hall–Kier alpha value is -2.12. The van der Waals surface area contributed by atoms with Crippen molar-refractivity contribution < 1.29 is 9.47 Å². The molecule has 0 unspecified atom stereocenters. The number of rotatable bonds is 8. The SMILES string of the molecule is COCCOc1ncccc1CNC[C@H]1CNc2cc(C)nn2C1. The van der Waals surface area contributed by atoms with Crippen LogP contribution in [0.2, 0.25) is 0 Å². The van der Waals surface area contributed by atoms with Crippen LogP contribution >= 0.6 is 0 Å². The van der Waals surface area contributed by atoms with Crippen LogP contribution in [0.25, 0.3) is 0 Å². The molecule has 0 bridgehead atoms. The number of anilines is 1. The van der Waals surface area contributed by atoms with E-state index in [0.717, 1.165) is 43.3 Å². The maximum absolute atomic E-state index is 5.67. The van der Waals surface area contributed by atoms with E-state index in [0.29, 0.717) is 25.0 Å². The van der Waals surface area contributed by atoms with E-state index in [4.69, 9.17) is 9.47 Å². The minimum absolute atomic E-state index is 0.506. The summed E-state index contributed by atoms with van der Waals surface area (Å²) in [6, 6.07) is 6.06. The Labute approximate surface area is 142 Å². The van der Waals surface area contributed by atoms with Gasteiger partial charge in [-0.25, -0.2) is 9.67 Å². The third-order valence-electron chi connectivity index (χ3n) is 4.03. The number of fused-ring (bicyclic) bond motifs is 1. The molecule has 0 amide bonds. The van der Waals surface area contributed by atoms with Crippen molar-refractivity contribution in [2.75, 3.05) is 38.7 Å². The molecule has 3 rings (SSSR count). The molecule has 3 heterocycles. The maximum atomic E-state index is 5.67. The van der Waals surface area contributed by atoms with Gasteiger partial charge in [0, 0.05) is 57.0 Å². The third-order valence-corrected chi connectivity index (χ3v) is 4.03. The van der Waals surface area contributed by atoms with Crippen LogP contribution in [0.3, 0.4) is 0 Å². The molecule has 7 nitrogen and oxygen atoms in total. The van der Waals surface area contributed by atoms with E-state index in [1.165, 1.54) is 0 Å². The fraction of sp³-hybridized carbons (Fsp3) is 0.529. The van der Waals surface area contributed by atoms with E-state index in [1.54, 1.807) is 13.3 Å². The first-order valence-corrected chi connectivity index (χ1v) is 8.31. The summed E-state index contributed by atoms with van der Waals surface area (Å²) in [6.07, 6.45) is 1.75. The van der Waals surface area contributed by atoms with E-state index < -0.39 is 0 Å². The normalized spacial score (nSPS) is 16.5. The molecule has 130 valence electrons. The van der Waals surface area contributed by atoms with Crippen molar-refractivity contribution in [1.82, 2.24) is 20.1 Å². The predicted octanol–water partition coefficient (Wildman–Crippen LogP) is 1.44. The maximum Gasteiger partial charge on any atom is 0.217 e. The standard InChI is InChI=1S/C17H25N5O2/c1-13-8-16-20-10-14(12-22(16)21-13)9-18-11-15-4-3-5-19-17(15)24-7-6-23-2/h3-5,8,14,18,20H,6-7,9-12H2,1-2H3/t14-/m0/s1. The summed E-state index contributed by atoms with van der Waals surface area (Å²) < 4.78 is 12.7. The van der Waals surface area contributed by atoms with Gasteiger partial charge in [0.25, 0.3) is 0 Å². The zero-order chi connectivity index (χ0) is 16.8. The van der Waals surface area contributed by atoms with E-state index >= 15 is 0 Å². The van der Waals surface area contributed by atoms with Crippen molar-refractivity contribution in [2.45, 2.75) is 20.0 Å². The second kappa shape index (κ2) is 8.12. The van der Waals surface area contributed by atoms with Gasteiger partial charge in [-0.2, -0.15) is 5.10 Å². The molecule has 0 saturated heterocycles. The van der Waals surface area contributed by atoms with E-state index in [1.807, 2.05) is 19.1 Å². The molecule has 0 fully saturated rings. The van der Waals surface area contributed by atoms with Crippen molar-refractivity contribution in [1.29, 1.82) is 0 Å². The van der Waals surface area contributed by atoms with E-state index in [9.17, 15) is 0 Å². The lowest BCUT2D eigenvalue weighted by Crippen LogP contribution is -2.35. The molecule has 0 spiro atoms. The minimum atomic E-state index is 0.506. The van der Waals surface area contributed by atoms with Gasteiger partial charge in [-0.15, -0.1) is 0 Å². The van der Waals surface area contributed by atoms with Crippen LogP contribution in [0.5, 0.6) is 5.88 Å². The van der Waals surface area contributed by atoms with Gasteiger partial charge in [0.15, 0.2) is 0 Å². The lowest BCUT2D eigenvalue weighted by Gasteiger charge is -2.25. The van der Waals surface area contributed by atoms with Gasteiger partial charge in [0.1, 0.15) is 12.4 Å². The van der Waals surface area contributed by atoms with Crippen LogP contribution in [0, 0.1) is 12.8 Å². The van der Waals surface area contributed by atoms with Gasteiger partial charge in [-0.05, 0) is 13.0 Å². The second-order valence-corrected chi connectivity index (χ2v) is 6.04. The van der Waals surface area contributed by atoms with Crippen LogP contribution in [0.4, 0.5) is 5.82 Å². The second-order valence-electron chi connectivity index (χ2n) is 6.04. The lowest BCUT2D eigenvalue weighted by atomic mass is 10.1. The van der Waals surface area contributed by atoms with Crippen molar-refractivity contribution in [2.24, 2.45) is 5.92 Å². The average Bonchev–Trinajstić information content (AvgIpc) is 2.96. The van der Waals surface area contributed by atoms with Crippen molar-refractivity contribution in [3.05, 3.63) is 35.7 Å². The van der Waals surface area contributed by atoms with Gasteiger partial charge in [-0.1, -0.05) is 6.07 Å². The van der Waals surface area contributed by atoms with Crippen LogP contribution in [0.1, 0.15) is 11.3 Å². The highest BCUT2D eigenvalue weighted by atomic mass is 16.5. The quantitative estimate of drug-likeness (QED) is 0.713. The molecule has 2 aromatic heterocycles. The molecular weight excluding hydrogens is 306 g/mol. The molecular formula is C17H25N5O2. The van der Waals surface area contributed by atoms with E-state index in [-0.39, 0.29) is 0 Å². The van der Waals surface area contributed by atoms with Crippen LogP contribution in [-0.2, 0) is 17.8 Å². The van der Waals surface area contributed by atoms with Crippen molar-refractivity contribution in [3.63, 3.8) is 0 Å². The molecule has 24 heavy (non-hydrogen) atoms. The summed E-state index contributed by atoms with van der Waals surface area (Å²) in [6.45, 7) is 6.64. The summed E-state index contributed by atoms with van der Waals surface area (Å²) >= 11 is 0. The van der Waals surface area contributed by atoms with Gasteiger partial charge < -0.3 is 20.1 Å². The number of pyridine rings is 1. The van der Waals surface area contributed by atoms with E-state index in [2.05, 4.69) is 31.5 Å². The summed E-state index contributed by atoms with van der Waals surface area (Å²) in [4.78, 5) is 4.30. The van der Waals surface area contributed by atoms with Gasteiger partial charge in [0.05, 0.1) is 12.3 Å². The van der Waals surface area contributed by atoms with Crippen molar-refractivity contribution >= 4 is 5.82 Å².